The quantitative estimate of drug-likeness (QED) is 0.581. The van der Waals surface area contributed by atoms with Crippen LogP contribution in [0, 0.1) is 0 Å². The molecule has 0 atom stereocenters. The predicted octanol–water partition coefficient (Wildman–Crippen LogP) is 0.516. The Morgan fingerprint density at radius 2 is 1.88 bits per heavy atom. The molecule has 0 unspecified atom stereocenters. The van der Waals surface area contributed by atoms with Crippen molar-refractivity contribution < 1.29 is 24.9 Å². The van der Waals surface area contributed by atoms with Gasteiger partial charge in [0.2, 0.25) is 0 Å². The smallest absolute Gasteiger partial charge is 0.322 e. The van der Waals surface area contributed by atoms with Crippen molar-refractivity contribution in [3.8, 4) is 5.75 Å². The Kier molecular flexibility index (Phi) is 3.71. The van der Waals surface area contributed by atoms with Gasteiger partial charge in [0.15, 0.2) is 0 Å². The standard InChI is InChI=1S/C10H11NO5/c12-8-4-7(11-5-10(15)16)2-1-6(8)3-9(13)14/h1-2,4,11-12H,3,5H2,(H,13,14)(H,15,16). The minimum atomic E-state index is -1.04. The van der Waals surface area contributed by atoms with Gasteiger partial charge < -0.3 is 20.6 Å². The highest BCUT2D eigenvalue weighted by molar-refractivity contribution is 5.74. The third kappa shape index (κ3) is 3.49. The Morgan fingerprint density at radius 1 is 1.19 bits per heavy atom. The molecule has 1 aromatic carbocycles. The van der Waals surface area contributed by atoms with Gasteiger partial charge in [-0.15, -0.1) is 0 Å². The summed E-state index contributed by atoms with van der Waals surface area (Å²) in [7, 11) is 0. The Balaban J connectivity index is 2.74. The van der Waals surface area contributed by atoms with Crippen molar-refractivity contribution in [3.63, 3.8) is 0 Å². The number of aromatic hydroxyl groups is 1. The van der Waals surface area contributed by atoms with Gasteiger partial charge in [-0.1, -0.05) is 6.07 Å². The molecule has 0 amide bonds. The molecule has 6 heteroatoms. The summed E-state index contributed by atoms with van der Waals surface area (Å²) >= 11 is 0. The van der Waals surface area contributed by atoms with Gasteiger partial charge in [0.25, 0.3) is 0 Å². The van der Waals surface area contributed by atoms with Gasteiger partial charge in [0.05, 0.1) is 6.42 Å². The van der Waals surface area contributed by atoms with Crippen LogP contribution in [0.5, 0.6) is 5.75 Å². The lowest BCUT2D eigenvalue weighted by molar-refractivity contribution is -0.136. The molecule has 1 aromatic rings. The van der Waals surface area contributed by atoms with E-state index in [9.17, 15) is 14.7 Å². The number of hydrogen-bond acceptors (Lipinski definition) is 4. The highest BCUT2D eigenvalue weighted by Crippen LogP contribution is 2.22. The second kappa shape index (κ2) is 5.01. The molecule has 0 bridgehead atoms. The fourth-order valence-electron chi connectivity index (χ4n) is 1.16. The number of benzene rings is 1. The first-order valence-electron chi connectivity index (χ1n) is 4.48. The summed E-state index contributed by atoms with van der Waals surface area (Å²) in [6.07, 6.45) is -0.273. The van der Waals surface area contributed by atoms with E-state index < -0.39 is 11.9 Å². The molecule has 0 aromatic heterocycles. The summed E-state index contributed by atoms with van der Waals surface area (Å²) in [5, 5.41) is 29.0. The van der Waals surface area contributed by atoms with Gasteiger partial charge in [-0.2, -0.15) is 0 Å². The Bertz CT molecular complexity index is 416. The van der Waals surface area contributed by atoms with E-state index in [1.165, 1.54) is 18.2 Å². The first-order chi connectivity index (χ1) is 7.49. The zero-order valence-electron chi connectivity index (χ0n) is 8.30. The van der Waals surface area contributed by atoms with Crippen molar-refractivity contribution in [2.75, 3.05) is 11.9 Å². The maximum absolute atomic E-state index is 10.4. The molecule has 0 aliphatic carbocycles. The third-order valence-corrected chi connectivity index (χ3v) is 1.87. The van der Waals surface area contributed by atoms with Gasteiger partial charge in [0.1, 0.15) is 12.3 Å². The molecular formula is C10H11NO5. The number of nitrogens with one attached hydrogen (secondary N) is 1. The number of aliphatic carboxylic acids is 2. The lowest BCUT2D eigenvalue weighted by atomic mass is 10.1. The SMILES string of the molecule is O=C(O)CNc1ccc(CC(=O)O)c(O)c1. The van der Waals surface area contributed by atoms with Crippen molar-refractivity contribution in [1.82, 2.24) is 0 Å². The number of anilines is 1. The van der Waals surface area contributed by atoms with Gasteiger partial charge in [-0.3, -0.25) is 9.59 Å². The van der Waals surface area contributed by atoms with E-state index in [-0.39, 0.29) is 24.3 Å². The minimum Gasteiger partial charge on any atom is -0.508 e. The number of carboxylic acids is 2. The van der Waals surface area contributed by atoms with Crippen LogP contribution >= 0.6 is 0 Å². The average molecular weight is 225 g/mol. The largest absolute Gasteiger partial charge is 0.508 e. The maximum Gasteiger partial charge on any atom is 0.322 e. The molecule has 0 saturated carbocycles. The molecule has 4 N–H and O–H groups in total. The van der Waals surface area contributed by atoms with E-state index in [4.69, 9.17) is 10.2 Å². The molecule has 0 spiro atoms. The normalized spacial score (nSPS) is 9.75. The average Bonchev–Trinajstić information content (AvgIpc) is 2.18. The molecule has 0 radical (unpaired) electrons. The molecular weight excluding hydrogens is 214 g/mol. The maximum atomic E-state index is 10.4. The predicted molar refractivity (Wildman–Crippen MR) is 55.6 cm³/mol. The van der Waals surface area contributed by atoms with Crippen LogP contribution in [0.1, 0.15) is 5.56 Å². The molecule has 86 valence electrons. The van der Waals surface area contributed by atoms with Gasteiger partial charge in [-0.25, -0.2) is 0 Å². The van der Waals surface area contributed by atoms with Gasteiger partial charge >= 0.3 is 11.9 Å². The number of phenolic OH excluding ortho intramolecular Hbond substituents is 1. The summed E-state index contributed by atoms with van der Waals surface area (Å²) in [6.45, 7) is -0.266. The van der Waals surface area contributed by atoms with Crippen molar-refractivity contribution in [1.29, 1.82) is 0 Å². The molecule has 0 saturated heterocycles. The van der Waals surface area contributed by atoms with E-state index in [0.717, 1.165) is 0 Å². The van der Waals surface area contributed by atoms with Crippen LogP contribution in [0.2, 0.25) is 0 Å². The van der Waals surface area contributed by atoms with Crippen molar-refractivity contribution in [2.24, 2.45) is 0 Å². The monoisotopic (exact) mass is 225 g/mol. The highest BCUT2D eigenvalue weighted by Gasteiger charge is 2.07. The zero-order valence-corrected chi connectivity index (χ0v) is 8.30. The Hall–Kier alpha value is -2.24. The van der Waals surface area contributed by atoms with Crippen molar-refractivity contribution in [2.45, 2.75) is 6.42 Å². The van der Waals surface area contributed by atoms with E-state index in [1.807, 2.05) is 0 Å². The van der Waals surface area contributed by atoms with Crippen LogP contribution in [0.3, 0.4) is 0 Å². The lowest BCUT2D eigenvalue weighted by Gasteiger charge is -2.06. The van der Waals surface area contributed by atoms with Crippen LogP contribution in [0.25, 0.3) is 0 Å². The second-order valence-electron chi connectivity index (χ2n) is 3.16. The van der Waals surface area contributed by atoms with Crippen LogP contribution in [0.15, 0.2) is 18.2 Å². The minimum absolute atomic E-state index is 0.169. The fourth-order valence-corrected chi connectivity index (χ4v) is 1.16. The summed E-state index contributed by atoms with van der Waals surface area (Å²) in [6, 6.07) is 4.25. The highest BCUT2D eigenvalue weighted by atomic mass is 16.4. The summed E-state index contributed by atoms with van der Waals surface area (Å²) in [5.41, 5.74) is 0.711. The first-order valence-corrected chi connectivity index (χ1v) is 4.48. The van der Waals surface area contributed by atoms with Crippen LogP contribution in [0.4, 0.5) is 5.69 Å². The second-order valence-corrected chi connectivity index (χ2v) is 3.16. The molecule has 16 heavy (non-hydrogen) atoms. The number of rotatable bonds is 5. The van der Waals surface area contributed by atoms with Crippen LogP contribution in [-0.2, 0) is 16.0 Å². The van der Waals surface area contributed by atoms with Crippen molar-refractivity contribution in [3.05, 3.63) is 23.8 Å². The van der Waals surface area contributed by atoms with E-state index in [2.05, 4.69) is 5.32 Å². The van der Waals surface area contributed by atoms with E-state index >= 15 is 0 Å². The number of hydrogen-bond donors (Lipinski definition) is 4. The van der Waals surface area contributed by atoms with Crippen LogP contribution in [-0.4, -0.2) is 33.8 Å². The Morgan fingerprint density at radius 3 is 2.38 bits per heavy atom. The molecule has 0 aliphatic heterocycles. The topological polar surface area (TPSA) is 107 Å². The summed E-state index contributed by atoms with van der Waals surface area (Å²) in [4.78, 5) is 20.7. The summed E-state index contributed by atoms with van der Waals surface area (Å²) in [5.74, 6) is -2.23. The zero-order chi connectivity index (χ0) is 12.1. The molecule has 6 nitrogen and oxygen atoms in total. The molecule has 0 fully saturated rings. The Labute approximate surface area is 91.1 Å². The molecule has 0 aliphatic rings. The van der Waals surface area contributed by atoms with Crippen molar-refractivity contribution >= 4 is 17.6 Å². The van der Waals surface area contributed by atoms with Gasteiger partial charge in [0, 0.05) is 17.3 Å². The lowest BCUT2D eigenvalue weighted by Crippen LogP contribution is -2.12. The van der Waals surface area contributed by atoms with Gasteiger partial charge in [-0.05, 0) is 6.07 Å². The fraction of sp³-hybridized carbons (Fsp3) is 0.200. The number of carboxylic acid groups (broad SMARTS) is 2. The third-order valence-electron chi connectivity index (χ3n) is 1.87. The molecule has 0 heterocycles. The van der Waals surface area contributed by atoms with E-state index in [0.29, 0.717) is 5.69 Å². The van der Waals surface area contributed by atoms with E-state index in [1.54, 1.807) is 0 Å². The number of carbonyl (C=O) groups is 2. The first kappa shape index (κ1) is 11.8. The van der Waals surface area contributed by atoms with Crippen LogP contribution < -0.4 is 5.32 Å². The molecule has 1 rings (SSSR count). The number of phenols is 1. The summed E-state index contributed by atoms with van der Waals surface area (Å²) < 4.78 is 0.